The minimum atomic E-state index is -0.457. The number of benzene rings is 2. The van der Waals surface area contributed by atoms with E-state index in [2.05, 4.69) is 41.5 Å². The van der Waals surface area contributed by atoms with Crippen molar-refractivity contribution in [3.05, 3.63) is 74.8 Å². The van der Waals surface area contributed by atoms with Gasteiger partial charge < -0.3 is 5.32 Å². The molecule has 0 unspecified atom stereocenters. The van der Waals surface area contributed by atoms with E-state index < -0.39 is 4.92 Å². The maximum atomic E-state index is 12.1. The number of nitro benzene ring substituents is 1. The van der Waals surface area contributed by atoms with Gasteiger partial charge in [0.25, 0.3) is 5.69 Å². The Morgan fingerprint density at radius 2 is 1.93 bits per heavy atom. The molecule has 1 aliphatic heterocycles. The third kappa shape index (κ3) is 4.79. The number of rotatable bonds is 5. The van der Waals surface area contributed by atoms with Gasteiger partial charge in [0.15, 0.2) is 5.17 Å². The second kappa shape index (κ2) is 8.13. The normalized spacial score (nSPS) is 18.2. The number of carbonyl (C=O) groups is 1. The molecule has 2 aromatic carbocycles. The molecule has 0 aliphatic carbocycles. The summed E-state index contributed by atoms with van der Waals surface area (Å²) in [5.41, 5.74) is 4.25. The van der Waals surface area contributed by atoms with E-state index in [1.807, 2.05) is 6.07 Å². The number of hydrogen-bond acceptors (Lipinski definition) is 6. The first kappa shape index (κ1) is 18.8. The van der Waals surface area contributed by atoms with E-state index in [0.717, 1.165) is 5.56 Å². The van der Waals surface area contributed by atoms with Crippen LogP contribution >= 0.6 is 11.8 Å². The van der Waals surface area contributed by atoms with Crippen molar-refractivity contribution in [3.63, 3.8) is 0 Å². The lowest BCUT2D eigenvalue weighted by Crippen LogP contribution is -2.25. The Hall–Kier alpha value is -3.00. The Bertz CT molecular complexity index is 938. The molecule has 0 bridgehead atoms. The zero-order valence-electron chi connectivity index (χ0n) is 14.9. The monoisotopic (exact) mass is 382 g/mol. The number of nitrogens with one attached hydrogen (secondary N) is 1. The first-order valence-corrected chi connectivity index (χ1v) is 9.19. The molecule has 1 fully saturated rings. The Morgan fingerprint density at radius 3 is 2.59 bits per heavy atom. The number of amidine groups is 1. The van der Waals surface area contributed by atoms with Gasteiger partial charge in [0, 0.05) is 12.1 Å². The van der Waals surface area contributed by atoms with Gasteiger partial charge in [-0.25, -0.2) is 0 Å². The quantitative estimate of drug-likeness (QED) is 0.487. The van der Waals surface area contributed by atoms with E-state index in [0.29, 0.717) is 17.2 Å². The highest BCUT2D eigenvalue weighted by Gasteiger charge is 2.30. The molecule has 7 nitrogen and oxygen atoms in total. The molecule has 1 aliphatic rings. The van der Waals surface area contributed by atoms with Gasteiger partial charge in [-0.05, 0) is 54.7 Å². The predicted octanol–water partition coefficient (Wildman–Crippen LogP) is 3.38. The maximum Gasteiger partial charge on any atom is 0.269 e. The van der Waals surface area contributed by atoms with Crippen LogP contribution in [0, 0.1) is 24.0 Å². The largest absolute Gasteiger partial charge is 0.303 e. The fraction of sp³-hybridized carbons (Fsp3) is 0.211. The van der Waals surface area contributed by atoms with E-state index >= 15 is 0 Å². The van der Waals surface area contributed by atoms with Gasteiger partial charge in [0.1, 0.15) is 0 Å². The average Bonchev–Trinajstić information content (AvgIpc) is 2.98. The first-order chi connectivity index (χ1) is 12.9. The topological polar surface area (TPSA) is 97.0 Å². The summed E-state index contributed by atoms with van der Waals surface area (Å²) in [4.78, 5) is 22.3. The summed E-state index contributed by atoms with van der Waals surface area (Å²) in [5, 5.41) is 21.6. The fourth-order valence-electron chi connectivity index (χ4n) is 2.56. The van der Waals surface area contributed by atoms with Gasteiger partial charge in [0.2, 0.25) is 5.91 Å². The zero-order valence-corrected chi connectivity index (χ0v) is 15.7. The number of amides is 1. The van der Waals surface area contributed by atoms with E-state index in [1.54, 1.807) is 12.1 Å². The van der Waals surface area contributed by atoms with Crippen LogP contribution in [0.15, 0.2) is 52.7 Å². The Morgan fingerprint density at radius 1 is 1.19 bits per heavy atom. The lowest BCUT2D eigenvalue weighted by molar-refractivity contribution is -0.384. The molecule has 1 atom stereocenters. The van der Waals surface area contributed by atoms with Gasteiger partial charge in [-0.2, -0.15) is 5.10 Å². The highest BCUT2D eigenvalue weighted by Crippen LogP contribution is 2.24. The minimum absolute atomic E-state index is 0.0197. The van der Waals surface area contributed by atoms with Crippen LogP contribution in [0.25, 0.3) is 0 Å². The van der Waals surface area contributed by atoms with Crippen molar-refractivity contribution in [2.24, 2.45) is 10.2 Å². The lowest BCUT2D eigenvalue weighted by Gasteiger charge is -2.07. The summed E-state index contributed by atoms with van der Waals surface area (Å²) < 4.78 is 0. The second-order valence-corrected chi connectivity index (χ2v) is 7.41. The molecular formula is C19H18N4O3S. The van der Waals surface area contributed by atoms with Gasteiger partial charge in [-0.3, -0.25) is 14.9 Å². The first-order valence-electron chi connectivity index (χ1n) is 8.31. The highest BCUT2D eigenvalue weighted by molar-refractivity contribution is 8.15. The molecule has 0 spiro atoms. The molecule has 1 saturated heterocycles. The van der Waals surface area contributed by atoms with Crippen LogP contribution < -0.4 is 5.32 Å². The number of non-ortho nitro benzene ring substituents is 1. The van der Waals surface area contributed by atoms with E-state index in [1.165, 1.54) is 41.2 Å². The molecule has 1 amide bonds. The van der Waals surface area contributed by atoms with Crippen LogP contribution in [0.2, 0.25) is 0 Å². The van der Waals surface area contributed by atoms with Crippen molar-refractivity contribution in [2.75, 3.05) is 0 Å². The smallest absolute Gasteiger partial charge is 0.269 e. The molecule has 138 valence electrons. The molecule has 0 aromatic heterocycles. The van der Waals surface area contributed by atoms with Crippen LogP contribution in [-0.2, 0) is 11.2 Å². The van der Waals surface area contributed by atoms with Crippen molar-refractivity contribution >= 4 is 34.7 Å². The number of aryl methyl sites for hydroxylation is 2. The average molecular weight is 382 g/mol. The molecule has 0 saturated carbocycles. The van der Waals surface area contributed by atoms with Crippen LogP contribution in [0.1, 0.15) is 22.3 Å². The number of hydrogen-bond donors (Lipinski definition) is 1. The Labute approximate surface area is 160 Å². The summed E-state index contributed by atoms with van der Waals surface area (Å²) >= 11 is 1.35. The third-order valence-corrected chi connectivity index (χ3v) is 5.30. The number of nitro groups is 1. The molecule has 0 radical (unpaired) electrons. The van der Waals surface area contributed by atoms with Crippen molar-refractivity contribution in [3.8, 4) is 0 Å². The van der Waals surface area contributed by atoms with Crippen molar-refractivity contribution in [2.45, 2.75) is 25.5 Å². The van der Waals surface area contributed by atoms with Crippen molar-refractivity contribution in [1.29, 1.82) is 0 Å². The van der Waals surface area contributed by atoms with E-state index in [9.17, 15) is 14.9 Å². The summed E-state index contributed by atoms with van der Waals surface area (Å²) in [6, 6.07) is 12.2. The van der Waals surface area contributed by atoms with Gasteiger partial charge >= 0.3 is 0 Å². The van der Waals surface area contributed by atoms with E-state index in [4.69, 9.17) is 0 Å². The summed E-state index contributed by atoms with van der Waals surface area (Å²) in [6.45, 7) is 4.12. The number of thioether (sulfide) groups is 1. The minimum Gasteiger partial charge on any atom is -0.303 e. The predicted molar refractivity (Wildman–Crippen MR) is 107 cm³/mol. The fourth-order valence-corrected chi connectivity index (χ4v) is 3.53. The number of carbonyl (C=O) groups excluding carboxylic acids is 1. The van der Waals surface area contributed by atoms with Gasteiger partial charge in [-0.1, -0.05) is 30.0 Å². The molecule has 1 heterocycles. The standard InChI is InChI=1S/C19H18N4O3S/c1-12-3-4-15(9-13(12)2)10-17-18(24)21-19(27-17)22-20-11-14-5-7-16(8-6-14)23(25)26/h3-9,11,17H,10H2,1-2H3,(H,21,22,24)/b20-11-/t17-/m0/s1. The summed E-state index contributed by atoms with van der Waals surface area (Å²) in [7, 11) is 0. The molecular weight excluding hydrogens is 364 g/mol. The highest BCUT2D eigenvalue weighted by atomic mass is 32.2. The SMILES string of the molecule is Cc1ccc(C[C@@H]2S/C(=N/N=C\c3ccc([N+](=O)[O-])cc3)NC2=O)cc1C. The zero-order chi connectivity index (χ0) is 19.4. The van der Waals surface area contributed by atoms with Crippen molar-refractivity contribution < 1.29 is 9.72 Å². The van der Waals surface area contributed by atoms with Crippen molar-refractivity contribution in [1.82, 2.24) is 5.32 Å². The molecule has 8 heteroatoms. The molecule has 27 heavy (non-hydrogen) atoms. The summed E-state index contributed by atoms with van der Waals surface area (Å²) in [6.07, 6.45) is 2.11. The molecule has 2 aromatic rings. The van der Waals surface area contributed by atoms with Crippen LogP contribution in [0.4, 0.5) is 5.69 Å². The summed E-state index contributed by atoms with van der Waals surface area (Å²) in [5.74, 6) is -0.0810. The second-order valence-electron chi connectivity index (χ2n) is 6.22. The van der Waals surface area contributed by atoms with E-state index in [-0.39, 0.29) is 16.8 Å². The molecule has 3 rings (SSSR count). The third-order valence-electron chi connectivity index (χ3n) is 4.23. The lowest BCUT2D eigenvalue weighted by atomic mass is 10.0. The Balaban J connectivity index is 1.62. The van der Waals surface area contributed by atoms with Crippen LogP contribution in [0.3, 0.4) is 0 Å². The van der Waals surface area contributed by atoms with Gasteiger partial charge in [-0.15, -0.1) is 5.10 Å². The molecule has 1 N–H and O–H groups in total. The van der Waals surface area contributed by atoms with Crippen LogP contribution in [0.5, 0.6) is 0 Å². The maximum absolute atomic E-state index is 12.1. The van der Waals surface area contributed by atoms with Gasteiger partial charge in [0.05, 0.1) is 16.4 Å². The Kier molecular flexibility index (Phi) is 5.66. The number of nitrogens with zero attached hydrogens (tertiary/aromatic N) is 3. The van der Waals surface area contributed by atoms with Crippen LogP contribution in [-0.4, -0.2) is 27.5 Å².